The Morgan fingerprint density at radius 2 is 1.85 bits per heavy atom. The van der Waals surface area contributed by atoms with Crippen LogP contribution in [0.1, 0.15) is 26.3 Å². The molecule has 0 saturated heterocycles. The number of fused-ring (bicyclic) bond motifs is 1. The summed E-state index contributed by atoms with van der Waals surface area (Å²) in [6.45, 7) is 9.28. The third-order valence-electron chi connectivity index (χ3n) is 2.90. The molecule has 2 rings (SSSR count). The summed E-state index contributed by atoms with van der Waals surface area (Å²) in [5.74, 6) is 0. The van der Waals surface area contributed by atoms with Gasteiger partial charge in [0.2, 0.25) is 0 Å². The van der Waals surface area contributed by atoms with Crippen LogP contribution in [0, 0.1) is 6.92 Å². The van der Waals surface area contributed by atoms with Crippen LogP contribution in [0.25, 0.3) is 0 Å². The molecule has 0 amide bonds. The Hall–Kier alpha value is 0.250. The highest BCUT2D eigenvalue weighted by molar-refractivity contribution is 8.46. The van der Waals surface area contributed by atoms with E-state index in [2.05, 4.69) is 36.9 Å². The van der Waals surface area contributed by atoms with E-state index < -0.39 is 0 Å². The predicted octanol–water partition coefficient (Wildman–Crippen LogP) is 5.70. The number of thiocarbonyl (C=S) groups is 2. The van der Waals surface area contributed by atoms with Crippen molar-refractivity contribution in [1.29, 1.82) is 0 Å². The first-order valence-electron chi connectivity index (χ1n) is 6.35. The maximum atomic E-state index is 5.37. The van der Waals surface area contributed by atoms with E-state index in [0.717, 1.165) is 14.9 Å². The number of rotatable bonds is 3. The maximum Gasteiger partial charge on any atom is 0.195 e. The number of hydrogen-bond acceptors (Lipinski definition) is 6. The molecule has 0 N–H and O–H groups in total. The topological polar surface area (TPSA) is 3.24 Å². The molecular weight excluding hydrogens is 342 g/mol. The number of benzene rings is 1. The fourth-order valence-electron chi connectivity index (χ4n) is 2.28. The lowest BCUT2D eigenvalue weighted by Gasteiger charge is -2.37. The molecule has 0 spiro atoms. The smallest absolute Gasteiger partial charge is 0.195 e. The molecule has 0 unspecified atom stereocenters. The van der Waals surface area contributed by atoms with Crippen LogP contribution in [0.4, 0.5) is 5.69 Å². The van der Waals surface area contributed by atoms with Crippen molar-refractivity contribution in [1.82, 2.24) is 0 Å². The van der Waals surface area contributed by atoms with Crippen LogP contribution in [0.2, 0.25) is 0 Å². The van der Waals surface area contributed by atoms with Gasteiger partial charge in [0, 0.05) is 19.8 Å². The highest BCUT2D eigenvalue weighted by atomic mass is 32.3. The summed E-state index contributed by atoms with van der Waals surface area (Å²) in [4.78, 5) is 3.75. The average Bonchev–Trinajstić information content (AvgIpc) is 2.61. The Morgan fingerprint density at radius 3 is 2.35 bits per heavy atom. The van der Waals surface area contributed by atoms with E-state index in [1.807, 2.05) is 25.6 Å². The normalized spacial score (nSPS) is 16.1. The Bertz CT molecular complexity index is 538. The van der Waals surface area contributed by atoms with Gasteiger partial charge in [-0.15, -0.1) is 0 Å². The highest BCUT2D eigenvalue weighted by Gasteiger charge is 2.47. The molecule has 0 atom stereocenters. The van der Waals surface area contributed by atoms with Gasteiger partial charge < -0.3 is 4.90 Å². The largest absolute Gasteiger partial charge is 0.338 e. The molecule has 20 heavy (non-hydrogen) atoms. The Labute approximate surface area is 144 Å². The zero-order chi connectivity index (χ0) is 14.9. The quantitative estimate of drug-likeness (QED) is 0.499. The van der Waals surface area contributed by atoms with Gasteiger partial charge in [0.1, 0.15) is 0 Å². The van der Waals surface area contributed by atoms with E-state index in [4.69, 9.17) is 24.4 Å². The van der Waals surface area contributed by atoms with Crippen molar-refractivity contribution in [3.8, 4) is 0 Å². The summed E-state index contributed by atoms with van der Waals surface area (Å²) in [5, 5.41) is 0. The molecular formula is C14H17NS5. The van der Waals surface area contributed by atoms with Crippen LogP contribution in [0.15, 0.2) is 23.1 Å². The summed E-state index contributed by atoms with van der Waals surface area (Å²) in [5.41, 5.74) is 2.64. The van der Waals surface area contributed by atoms with Crippen molar-refractivity contribution in [2.45, 2.75) is 36.1 Å². The summed E-state index contributed by atoms with van der Waals surface area (Å²) < 4.78 is 1.70. The van der Waals surface area contributed by atoms with E-state index in [1.54, 1.807) is 23.5 Å². The zero-order valence-corrected chi connectivity index (χ0v) is 16.0. The molecule has 1 nitrogen and oxygen atoms in total. The average molecular weight is 360 g/mol. The number of hydrogen-bond donors (Lipinski definition) is 0. The van der Waals surface area contributed by atoms with Crippen LogP contribution in [0.3, 0.4) is 0 Å². The van der Waals surface area contributed by atoms with Gasteiger partial charge in [0.15, 0.2) is 3.54 Å². The number of nitrogens with zero attached hydrogens (tertiary/aromatic N) is 1. The molecule has 1 aliphatic rings. The lowest BCUT2D eigenvalue weighted by atomic mass is 10.2. The van der Waals surface area contributed by atoms with Gasteiger partial charge in [-0.3, -0.25) is 0 Å². The fourth-order valence-corrected chi connectivity index (χ4v) is 8.68. The van der Waals surface area contributed by atoms with Gasteiger partial charge in [0.25, 0.3) is 0 Å². The van der Waals surface area contributed by atoms with Gasteiger partial charge in [0.05, 0.1) is 5.69 Å². The van der Waals surface area contributed by atoms with E-state index in [1.165, 1.54) is 16.1 Å². The minimum Gasteiger partial charge on any atom is -0.338 e. The van der Waals surface area contributed by atoms with Crippen LogP contribution in [0.5, 0.6) is 0 Å². The van der Waals surface area contributed by atoms with Crippen molar-refractivity contribution in [3.05, 3.63) is 23.8 Å². The molecule has 0 aromatic heterocycles. The van der Waals surface area contributed by atoms with Crippen LogP contribution >= 0.6 is 59.7 Å². The number of aryl methyl sites for hydroxylation is 1. The van der Waals surface area contributed by atoms with Crippen molar-refractivity contribution in [2.24, 2.45) is 0 Å². The molecule has 6 heteroatoms. The molecule has 0 aliphatic carbocycles. The monoisotopic (exact) mass is 359 g/mol. The zero-order valence-electron chi connectivity index (χ0n) is 11.9. The first-order chi connectivity index (χ1) is 9.39. The molecule has 0 saturated carbocycles. The third-order valence-corrected chi connectivity index (χ3v) is 7.46. The number of para-hydroxylation sites is 1. The second-order valence-corrected chi connectivity index (χ2v) is 11.0. The Balaban J connectivity index is 2.51. The van der Waals surface area contributed by atoms with E-state index in [-0.39, 0.29) is 3.54 Å². The molecule has 1 aromatic rings. The van der Waals surface area contributed by atoms with E-state index >= 15 is 0 Å². The maximum absolute atomic E-state index is 5.37. The minimum absolute atomic E-state index is 0.194. The van der Waals surface area contributed by atoms with Crippen molar-refractivity contribution >= 4 is 73.8 Å². The number of thioether (sulfide) groups is 3. The molecule has 0 radical (unpaired) electrons. The first-order valence-corrected chi connectivity index (χ1v) is 9.61. The lowest BCUT2D eigenvalue weighted by Crippen LogP contribution is -2.39. The molecule has 0 bridgehead atoms. The van der Waals surface area contributed by atoms with Crippen molar-refractivity contribution in [2.75, 3.05) is 11.4 Å². The third kappa shape index (κ3) is 3.19. The van der Waals surface area contributed by atoms with Gasteiger partial charge in [-0.05, 0) is 39.3 Å². The van der Waals surface area contributed by atoms with Gasteiger partial charge in [-0.25, -0.2) is 0 Å². The molecule has 1 aliphatic heterocycles. The molecule has 1 aromatic carbocycles. The summed E-state index contributed by atoms with van der Waals surface area (Å²) in [6.07, 6.45) is 0. The van der Waals surface area contributed by atoms with Crippen LogP contribution < -0.4 is 4.90 Å². The minimum atomic E-state index is -0.194. The van der Waals surface area contributed by atoms with Gasteiger partial charge in [-0.1, -0.05) is 71.9 Å². The van der Waals surface area contributed by atoms with E-state index in [0.29, 0.717) is 0 Å². The SMILES string of the molecule is CCN1c2c(C)cccc2SC1(SC(C)=S)SC(C)=S. The van der Waals surface area contributed by atoms with Gasteiger partial charge >= 0.3 is 0 Å². The highest BCUT2D eigenvalue weighted by Crippen LogP contribution is 2.62. The van der Waals surface area contributed by atoms with Gasteiger partial charge in [-0.2, -0.15) is 0 Å². The van der Waals surface area contributed by atoms with E-state index in [9.17, 15) is 0 Å². The predicted molar refractivity (Wildman–Crippen MR) is 105 cm³/mol. The van der Waals surface area contributed by atoms with Crippen LogP contribution in [-0.4, -0.2) is 18.5 Å². The molecule has 0 fully saturated rings. The lowest BCUT2D eigenvalue weighted by molar-refractivity contribution is 0.893. The Morgan fingerprint density at radius 1 is 1.25 bits per heavy atom. The van der Waals surface area contributed by atoms with Crippen molar-refractivity contribution in [3.63, 3.8) is 0 Å². The number of anilines is 1. The second-order valence-electron chi connectivity index (χ2n) is 4.48. The van der Waals surface area contributed by atoms with Crippen molar-refractivity contribution < 1.29 is 0 Å². The molecule has 1 heterocycles. The standard InChI is InChI=1S/C14H17NS5/c1-5-15-13-9(2)7-6-8-12(13)20-14(15,18-10(3)16)19-11(4)17/h6-8H,5H2,1-4H3. The summed E-state index contributed by atoms with van der Waals surface area (Å²) in [7, 11) is 0. The summed E-state index contributed by atoms with van der Waals surface area (Å²) >= 11 is 16.1. The first kappa shape index (κ1) is 16.6. The Kier molecular flexibility index (Phi) is 5.46. The fraction of sp³-hybridized carbons (Fsp3) is 0.429. The van der Waals surface area contributed by atoms with Crippen LogP contribution in [-0.2, 0) is 0 Å². The molecule has 108 valence electrons. The summed E-state index contributed by atoms with van der Waals surface area (Å²) in [6, 6.07) is 6.48. The second kappa shape index (κ2) is 6.57.